The summed E-state index contributed by atoms with van der Waals surface area (Å²) in [6.45, 7) is 2.76. The van der Waals surface area contributed by atoms with Gasteiger partial charge in [-0.25, -0.2) is 13.1 Å². The SMILES string of the molecule is CC(CNS(=O)(=O)c1ccc(CN)cc1)c1ccccc1. The average molecular weight is 304 g/mol. The molecule has 3 N–H and O–H groups in total. The summed E-state index contributed by atoms with van der Waals surface area (Å²) in [5, 5.41) is 0. The number of nitrogens with one attached hydrogen (secondary N) is 1. The van der Waals surface area contributed by atoms with Crippen molar-refractivity contribution in [3.63, 3.8) is 0 Å². The summed E-state index contributed by atoms with van der Waals surface area (Å²) in [6, 6.07) is 16.5. The molecule has 0 fully saturated rings. The molecule has 0 aliphatic rings. The predicted molar refractivity (Wildman–Crippen MR) is 84.4 cm³/mol. The molecule has 5 heteroatoms. The minimum absolute atomic E-state index is 0.115. The minimum atomic E-state index is -3.48. The minimum Gasteiger partial charge on any atom is -0.326 e. The van der Waals surface area contributed by atoms with Crippen LogP contribution in [0.4, 0.5) is 0 Å². The van der Waals surface area contributed by atoms with Crippen molar-refractivity contribution in [3.05, 3.63) is 65.7 Å². The Morgan fingerprint density at radius 1 is 1.05 bits per heavy atom. The molecule has 0 aromatic heterocycles. The van der Waals surface area contributed by atoms with Gasteiger partial charge in [0.15, 0.2) is 0 Å². The van der Waals surface area contributed by atoms with E-state index in [0.717, 1.165) is 11.1 Å². The molecular weight excluding hydrogens is 284 g/mol. The molecule has 1 unspecified atom stereocenters. The summed E-state index contributed by atoms with van der Waals surface area (Å²) in [5.41, 5.74) is 7.53. The zero-order valence-electron chi connectivity index (χ0n) is 12.0. The third kappa shape index (κ3) is 4.14. The quantitative estimate of drug-likeness (QED) is 0.859. The standard InChI is InChI=1S/C16H20N2O2S/c1-13(15-5-3-2-4-6-15)12-18-21(19,20)16-9-7-14(11-17)8-10-16/h2-10,13,18H,11-12,17H2,1H3. The molecule has 112 valence electrons. The number of rotatable bonds is 6. The first-order valence-corrected chi connectivity index (χ1v) is 8.35. The number of hydrogen-bond acceptors (Lipinski definition) is 3. The summed E-state index contributed by atoms with van der Waals surface area (Å²) in [4.78, 5) is 0.264. The summed E-state index contributed by atoms with van der Waals surface area (Å²) in [5.74, 6) is 0.115. The van der Waals surface area contributed by atoms with Crippen molar-refractivity contribution in [1.29, 1.82) is 0 Å². The molecule has 0 spiro atoms. The Morgan fingerprint density at radius 3 is 2.24 bits per heavy atom. The van der Waals surface area contributed by atoms with E-state index in [9.17, 15) is 8.42 Å². The molecular formula is C16H20N2O2S. The normalized spacial score (nSPS) is 13.0. The highest BCUT2D eigenvalue weighted by Gasteiger charge is 2.15. The fraction of sp³-hybridized carbons (Fsp3) is 0.250. The number of nitrogens with two attached hydrogens (primary N) is 1. The first kappa shape index (κ1) is 15.7. The maximum Gasteiger partial charge on any atom is 0.240 e. The first-order valence-electron chi connectivity index (χ1n) is 6.86. The lowest BCUT2D eigenvalue weighted by Gasteiger charge is -2.13. The Bertz CT molecular complexity index is 667. The topological polar surface area (TPSA) is 72.2 Å². The van der Waals surface area contributed by atoms with E-state index in [1.54, 1.807) is 24.3 Å². The zero-order chi connectivity index (χ0) is 15.3. The lowest BCUT2D eigenvalue weighted by atomic mass is 10.0. The van der Waals surface area contributed by atoms with Crippen LogP contribution in [0.3, 0.4) is 0 Å². The Labute approximate surface area is 126 Å². The molecule has 2 aromatic carbocycles. The Hall–Kier alpha value is -1.69. The third-order valence-electron chi connectivity index (χ3n) is 3.42. The van der Waals surface area contributed by atoms with Gasteiger partial charge in [-0.1, -0.05) is 49.4 Å². The van der Waals surface area contributed by atoms with Gasteiger partial charge in [-0.2, -0.15) is 0 Å². The van der Waals surface area contributed by atoms with Crippen LogP contribution in [0.15, 0.2) is 59.5 Å². The molecule has 0 radical (unpaired) electrons. The van der Waals surface area contributed by atoms with Gasteiger partial charge in [0, 0.05) is 13.1 Å². The highest BCUT2D eigenvalue weighted by molar-refractivity contribution is 7.89. The molecule has 0 saturated heterocycles. The van der Waals surface area contributed by atoms with Gasteiger partial charge in [-0.15, -0.1) is 0 Å². The molecule has 21 heavy (non-hydrogen) atoms. The van der Waals surface area contributed by atoms with Gasteiger partial charge in [-0.3, -0.25) is 0 Å². The molecule has 0 amide bonds. The van der Waals surface area contributed by atoms with Crippen molar-refractivity contribution in [2.75, 3.05) is 6.54 Å². The van der Waals surface area contributed by atoms with Crippen molar-refractivity contribution in [3.8, 4) is 0 Å². The van der Waals surface area contributed by atoms with Crippen LogP contribution in [0.5, 0.6) is 0 Å². The van der Waals surface area contributed by atoms with Gasteiger partial charge in [-0.05, 0) is 29.2 Å². The van der Waals surface area contributed by atoms with Crippen LogP contribution in [-0.2, 0) is 16.6 Å². The maximum atomic E-state index is 12.2. The van der Waals surface area contributed by atoms with Crippen LogP contribution in [0.2, 0.25) is 0 Å². The van der Waals surface area contributed by atoms with E-state index in [-0.39, 0.29) is 10.8 Å². The monoisotopic (exact) mass is 304 g/mol. The fourth-order valence-electron chi connectivity index (χ4n) is 2.02. The second-order valence-electron chi connectivity index (χ2n) is 5.01. The Kier molecular flexibility index (Phi) is 5.12. The summed E-state index contributed by atoms with van der Waals surface area (Å²) in [7, 11) is -3.48. The molecule has 0 aliphatic heterocycles. The van der Waals surface area contributed by atoms with E-state index in [1.807, 2.05) is 37.3 Å². The zero-order valence-corrected chi connectivity index (χ0v) is 12.8. The van der Waals surface area contributed by atoms with Gasteiger partial charge in [0.05, 0.1) is 4.90 Å². The van der Waals surface area contributed by atoms with Crippen LogP contribution < -0.4 is 10.5 Å². The van der Waals surface area contributed by atoms with Crippen LogP contribution >= 0.6 is 0 Å². The van der Waals surface area contributed by atoms with Crippen LogP contribution in [0.1, 0.15) is 24.0 Å². The predicted octanol–water partition coefficient (Wildman–Crippen LogP) is 2.23. The Balaban J connectivity index is 2.04. The lowest BCUT2D eigenvalue weighted by Crippen LogP contribution is -2.27. The molecule has 0 aliphatic carbocycles. The van der Waals surface area contributed by atoms with Gasteiger partial charge in [0.25, 0.3) is 0 Å². The van der Waals surface area contributed by atoms with E-state index >= 15 is 0 Å². The van der Waals surface area contributed by atoms with Gasteiger partial charge in [0.2, 0.25) is 10.0 Å². The van der Waals surface area contributed by atoms with E-state index < -0.39 is 10.0 Å². The summed E-state index contributed by atoms with van der Waals surface area (Å²) in [6.07, 6.45) is 0. The van der Waals surface area contributed by atoms with Crippen LogP contribution in [0.25, 0.3) is 0 Å². The van der Waals surface area contributed by atoms with Gasteiger partial charge in [0.1, 0.15) is 0 Å². The summed E-state index contributed by atoms with van der Waals surface area (Å²) >= 11 is 0. The number of hydrogen-bond donors (Lipinski definition) is 2. The van der Waals surface area contributed by atoms with E-state index in [1.165, 1.54) is 0 Å². The third-order valence-corrected chi connectivity index (χ3v) is 4.86. The van der Waals surface area contributed by atoms with Crippen molar-refractivity contribution >= 4 is 10.0 Å². The van der Waals surface area contributed by atoms with Crippen LogP contribution in [0, 0.1) is 0 Å². The second kappa shape index (κ2) is 6.85. The molecule has 1 atom stereocenters. The van der Waals surface area contributed by atoms with Crippen molar-refractivity contribution in [1.82, 2.24) is 4.72 Å². The largest absolute Gasteiger partial charge is 0.326 e. The second-order valence-corrected chi connectivity index (χ2v) is 6.78. The van der Waals surface area contributed by atoms with Crippen LogP contribution in [-0.4, -0.2) is 15.0 Å². The number of benzene rings is 2. The van der Waals surface area contributed by atoms with Gasteiger partial charge < -0.3 is 5.73 Å². The van der Waals surface area contributed by atoms with E-state index in [2.05, 4.69) is 4.72 Å². The molecule has 2 aromatic rings. The summed E-state index contributed by atoms with van der Waals surface area (Å²) < 4.78 is 27.1. The molecule has 0 bridgehead atoms. The lowest BCUT2D eigenvalue weighted by molar-refractivity contribution is 0.575. The molecule has 0 heterocycles. The van der Waals surface area contributed by atoms with Gasteiger partial charge >= 0.3 is 0 Å². The van der Waals surface area contributed by atoms with Crippen molar-refractivity contribution < 1.29 is 8.42 Å². The van der Waals surface area contributed by atoms with E-state index in [4.69, 9.17) is 5.73 Å². The highest BCUT2D eigenvalue weighted by atomic mass is 32.2. The van der Waals surface area contributed by atoms with Crippen molar-refractivity contribution in [2.45, 2.75) is 24.3 Å². The molecule has 2 rings (SSSR count). The Morgan fingerprint density at radius 2 is 1.67 bits per heavy atom. The highest BCUT2D eigenvalue weighted by Crippen LogP contribution is 2.15. The molecule has 4 nitrogen and oxygen atoms in total. The number of sulfonamides is 1. The van der Waals surface area contributed by atoms with Crippen molar-refractivity contribution in [2.24, 2.45) is 5.73 Å². The smallest absolute Gasteiger partial charge is 0.240 e. The maximum absolute atomic E-state index is 12.2. The van der Waals surface area contributed by atoms with E-state index in [0.29, 0.717) is 13.1 Å². The first-order chi connectivity index (χ1) is 10.0. The average Bonchev–Trinajstić information content (AvgIpc) is 2.53. The molecule has 0 saturated carbocycles. The fourth-order valence-corrected chi connectivity index (χ4v) is 3.15.